The Kier molecular flexibility index (Phi) is 3.31. The molecule has 4 nitrogen and oxygen atoms in total. The molecule has 2 aliphatic rings. The van der Waals surface area contributed by atoms with Gasteiger partial charge in [0, 0.05) is 23.0 Å². The second-order valence-electron chi connectivity index (χ2n) is 5.23. The van der Waals surface area contributed by atoms with Crippen molar-refractivity contribution < 1.29 is 0 Å². The van der Waals surface area contributed by atoms with Crippen LogP contribution in [0, 0.1) is 29.9 Å². The molecule has 98 valence electrons. The summed E-state index contributed by atoms with van der Waals surface area (Å²) in [5.41, 5.74) is 3.72. The van der Waals surface area contributed by atoms with Gasteiger partial charge in [0.15, 0.2) is 0 Å². The van der Waals surface area contributed by atoms with Crippen LogP contribution in [0.3, 0.4) is 0 Å². The van der Waals surface area contributed by atoms with Crippen molar-refractivity contribution in [3.05, 3.63) is 46.9 Å². The first-order chi connectivity index (χ1) is 9.86. The van der Waals surface area contributed by atoms with Crippen molar-refractivity contribution in [2.75, 3.05) is 0 Å². The van der Waals surface area contributed by atoms with E-state index in [1.807, 2.05) is 30.5 Å². The summed E-state index contributed by atoms with van der Waals surface area (Å²) in [7, 11) is 0. The summed E-state index contributed by atoms with van der Waals surface area (Å²) < 4.78 is 0. The number of aliphatic imine (C=N–C) groups is 1. The lowest BCUT2D eigenvalue weighted by Crippen LogP contribution is -2.39. The smallest absolute Gasteiger partial charge is 0.181 e. The Bertz CT molecular complexity index is 613. The zero-order chi connectivity index (χ0) is 13.9. The van der Waals surface area contributed by atoms with Crippen molar-refractivity contribution in [2.24, 2.45) is 21.9 Å². The number of hydrogen-bond donors (Lipinski definition) is 0. The van der Waals surface area contributed by atoms with Crippen molar-refractivity contribution in [3.63, 3.8) is 0 Å². The first kappa shape index (κ1) is 12.6. The van der Waals surface area contributed by atoms with E-state index in [2.05, 4.69) is 15.0 Å². The fraction of sp³-hybridized carbons (Fsp3) is 0.375. The highest BCUT2D eigenvalue weighted by Crippen LogP contribution is 2.40. The summed E-state index contributed by atoms with van der Waals surface area (Å²) in [6, 6.07) is 7.86. The third-order valence-electron chi connectivity index (χ3n) is 4.28. The Hall–Kier alpha value is -2.46. The van der Waals surface area contributed by atoms with E-state index in [4.69, 9.17) is 11.8 Å². The minimum absolute atomic E-state index is 0.235. The molecule has 2 atom stereocenters. The summed E-state index contributed by atoms with van der Waals surface area (Å²) in [4.78, 5) is 7.35. The summed E-state index contributed by atoms with van der Waals surface area (Å²) in [5.74, 6) is 0.471. The predicted molar refractivity (Wildman–Crippen MR) is 77.2 cm³/mol. The van der Waals surface area contributed by atoms with Crippen LogP contribution in [0.25, 0.3) is 4.95 Å². The average molecular weight is 262 g/mol. The molecule has 0 radical (unpaired) electrons. The van der Waals surface area contributed by atoms with E-state index in [-0.39, 0.29) is 11.8 Å². The monoisotopic (exact) mass is 262 g/mol. The average Bonchev–Trinajstić information content (AvgIpc) is 2.50. The molecule has 0 bridgehead atoms. The molecule has 0 spiro atoms. The second kappa shape index (κ2) is 5.27. The summed E-state index contributed by atoms with van der Waals surface area (Å²) >= 11 is 0. The van der Waals surface area contributed by atoms with E-state index in [1.54, 1.807) is 0 Å². The molecule has 0 aliphatic heterocycles. The number of nitriles is 1. The number of benzene rings is 1. The third-order valence-corrected chi connectivity index (χ3v) is 4.28. The van der Waals surface area contributed by atoms with Gasteiger partial charge in [-0.05, 0) is 12.8 Å². The van der Waals surface area contributed by atoms with Crippen LogP contribution in [0.1, 0.15) is 36.8 Å². The highest BCUT2D eigenvalue weighted by Gasteiger charge is 2.40. The van der Waals surface area contributed by atoms with Gasteiger partial charge >= 0.3 is 0 Å². The molecule has 20 heavy (non-hydrogen) atoms. The Labute approximate surface area is 118 Å². The highest BCUT2D eigenvalue weighted by molar-refractivity contribution is 6.20. The third kappa shape index (κ3) is 1.90. The van der Waals surface area contributed by atoms with Gasteiger partial charge in [0.1, 0.15) is 5.71 Å². The lowest BCUT2D eigenvalue weighted by molar-refractivity contribution is 0.373. The quantitative estimate of drug-likeness (QED) is 0.401. The Morgan fingerprint density at radius 2 is 1.70 bits per heavy atom. The van der Waals surface area contributed by atoms with Gasteiger partial charge in [-0.25, -0.2) is 0 Å². The van der Waals surface area contributed by atoms with Gasteiger partial charge in [0.25, 0.3) is 0 Å². The first-order valence-corrected chi connectivity index (χ1v) is 6.87. The predicted octanol–water partition coefficient (Wildman–Crippen LogP) is 3.40. The Morgan fingerprint density at radius 3 is 2.30 bits per heavy atom. The van der Waals surface area contributed by atoms with Gasteiger partial charge in [-0.15, -0.1) is 4.95 Å². The summed E-state index contributed by atoms with van der Waals surface area (Å²) in [5, 5.41) is 13.1. The molecule has 1 aromatic rings. The zero-order valence-electron chi connectivity index (χ0n) is 11.1. The fourth-order valence-corrected chi connectivity index (χ4v) is 3.49. The minimum Gasteiger partial charge on any atom is -0.181 e. The van der Waals surface area contributed by atoms with E-state index in [0.29, 0.717) is 0 Å². The van der Waals surface area contributed by atoms with Crippen LogP contribution < -0.4 is 0 Å². The van der Waals surface area contributed by atoms with Crippen molar-refractivity contribution in [3.8, 4) is 6.19 Å². The van der Waals surface area contributed by atoms with Crippen LogP contribution in [0.4, 0.5) is 0 Å². The minimum atomic E-state index is 0.235. The maximum absolute atomic E-state index is 8.99. The molecule has 0 N–H and O–H groups in total. The van der Waals surface area contributed by atoms with Gasteiger partial charge in [0.2, 0.25) is 6.19 Å². The van der Waals surface area contributed by atoms with E-state index >= 15 is 0 Å². The zero-order valence-corrected chi connectivity index (χ0v) is 11.1. The Balaban J connectivity index is 2.24. The molecule has 2 aliphatic carbocycles. The number of nitrogens with zero attached hydrogens (tertiary/aromatic N) is 4. The van der Waals surface area contributed by atoms with Crippen molar-refractivity contribution in [1.82, 2.24) is 0 Å². The van der Waals surface area contributed by atoms with Crippen LogP contribution in [0.5, 0.6) is 0 Å². The number of fused-ring (bicyclic) bond motifs is 2. The van der Waals surface area contributed by atoms with E-state index in [0.717, 1.165) is 48.2 Å². The van der Waals surface area contributed by atoms with E-state index in [9.17, 15) is 0 Å². The van der Waals surface area contributed by atoms with Crippen molar-refractivity contribution >= 4 is 11.4 Å². The molecule has 2 unspecified atom stereocenters. The molecule has 3 rings (SSSR count). The molecule has 4 heteroatoms. The lowest BCUT2D eigenvalue weighted by atomic mass is 9.66. The Morgan fingerprint density at radius 1 is 1.10 bits per heavy atom. The van der Waals surface area contributed by atoms with E-state index < -0.39 is 0 Å². The maximum Gasteiger partial charge on any atom is 0.205 e. The van der Waals surface area contributed by atoms with Crippen LogP contribution in [-0.4, -0.2) is 11.4 Å². The van der Waals surface area contributed by atoms with Gasteiger partial charge < -0.3 is 0 Å². The number of hydrogen-bond acceptors (Lipinski definition) is 3. The largest absolute Gasteiger partial charge is 0.205 e. The highest BCUT2D eigenvalue weighted by atomic mass is 15.2. The second-order valence-corrected chi connectivity index (χ2v) is 5.23. The SMILES string of the molecule is [C-]#[N+]/N=C1\c2ccccc2C(=NC#N)C2CCCCC12. The summed E-state index contributed by atoms with van der Waals surface area (Å²) in [6.07, 6.45) is 6.30. The molecular weight excluding hydrogens is 248 g/mol. The maximum atomic E-state index is 8.99. The molecule has 0 amide bonds. The number of rotatable bonds is 0. The van der Waals surface area contributed by atoms with Crippen molar-refractivity contribution in [2.45, 2.75) is 25.7 Å². The standard InChI is InChI=1S/C16H14N4/c1-18-20-16-13-8-4-2-6-11(13)15(19-10-17)12-7-3-5-9-14(12)16/h2,4,6,8,12,14H,3,5,7,9H2/b19-15?,20-16+. The fourth-order valence-electron chi connectivity index (χ4n) is 3.49. The molecule has 0 heterocycles. The molecular formula is C16H14N4. The van der Waals surface area contributed by atoms with Gasteiger partial charge in [-0.2, -0.15) is 16.8 Å². The molecule has 0 saturated heterocycles. The van der Waals surface area contributed by atoms with Crippen LogP contribution in [0.15, 0.2) is 34.4 Å². The molecule has 1 aromatic carbocycles. The van der Waals surface area contributed by atoms with E-state index in [1.165, 1.54) is 0 Å². The van der Waals surface area contributed by atoms with Crippen molar-refractivity contribution in [1.29, 1.82) is 5.26 Å². The van der Waals surface area contributed by atoms with Crippen LogP contribution in [0.2, 0.25) is 0 Å². The topological polar surface area (TPSA) is 52.9 Å². The van der Waals surface area contributed by atoms with Gasteiger partial charge in [-0.1, -0.05) is 37.1 Å². The van der Waals surface area contributed by atoms with Crippen LogP contribution >= 0.6 is 0 Å². The first-order valence-electron chi connectivity index (χ1n) is 6.87. The molecule has 1 saturated carbocycles. The molecule has 0 aromatic heterocycles. The van der Waals surface area contributed by atoms with Crippen LogP contribution in [-0.2, 0) is 0 Å². The summed E-state index contributed by atoms with van der Waals surface area (Å²) in [6.45, 7) is 7.07. The van der Waals surface area contributed by atoms with Gasteiger partial charge in [-0.3, -0.25) is 0 Å². The van der Waals surface area contributed by atoms with Gasteiger partial charge in [0.05, 0.1) is 10.8 Å². The lowest BCUT2D eigenvalue weighted by Gasteiger charge is -2.36. The molecule has 1 fully saturated rings. The normalized spacial score (nSPS) is 28.3.